The number of nitrogens with one attached hydrogen (secondary N) is 2. The van der Waals surface area contributed by atoms with Crippen LogP contribution in [0.1, 0.15) is 62.1 Å². The number of thiocarbonyl (C=S) groups is 1. The van der Waals surface area contributed by atoms with Gasteiger partial charge in [-0.05, 0) is 66.9 Å². The van der Waals surface area contributed by atoms with Crippen LogP contribution in [0.5, 0.6) is 0 Å². The van der Waals surface area contributed by atoms with Gasteiger partial charge in [0.1, 0.15) is 11.6 Å². The second-order valence-corrected chi connectivity index (χ2v) is 12.1. The zero-order chi connectivity index (χ0) is 26.7. The van der Waals surface area contributed by atoms with Crippen LogP contribution in [0.4, 0.5) is 17.6 Å². The molecule has 3 aromatic rings. The van der Waals surface area contributed by atoms with Crippen LogP contribution in [0.15, 0.2) is 60.7 Å². The second kappa shape index (κ2) is 11.5. The van der Waals surface area contributed by atoms with Crippen molar-refractivity contribution >= 4 is 34.9 Å². The molecule has 7 heteroatoms. The molecule has 6 nitrogen and oxygen atoms in total. The van der Waals surface area contributed by atoms with Gasteiger partial charge < -0.3 is 20.4 Å². The minimum absolute atomic E-state index is 0.131. The zero-order valence-electron chi connectivity index (χ0n) is 23.0. The maximum absolute atomic E-state index is 5.81. The fraction of sp³-hybridized carbons (Fsp3) is 0.469. The van der Waals surface area contributed by atoms with Crippen molar-refractivity contribution in [3.63, 3.8) is 0 Å². The number of hydrogen-bond donors (Lipinski definition) is 2. The topological polar surface area (TPSA) is 56.3 Å². The molecule has 3 aliphatic rings. The van der Waals surface area contributed by atoms with Crippen molar-refractivity contribution in [2.45, 2.75) is 63.8 Å². The van der Waals surface area contributed by atoms with Gasteiger partial charge in [0.2, 0.25) is 5.95 Å². The number of piperidine rings is 1. The lowest BCUT2D eigenvalue weighted by molar-refractivity contribution is 0.435. The van der Waals surface area contributed by atoms with Crippen LogP contribution in [0.25, 0.3) is 0 Å². The van der Waals surface area contributed by atoms with E-state index in [1.54, 1.807) is 0 Å². The van der Waals surface area contributed by atoms with Gasteiger partial charge in [-0.2, -0.15) is 9.97 Å². The Labute approximate surface area is 238 Å². The molecule has 1 saturated heterocycles. The fourth-order valence-corrected chi connectivity index (χ4v) is 6.86. The fourth-order valence-electron chi connectivity index (χ4n) is 6.70. The van der Waals surface area contributed by atoms with E-state index in [4.69, 9.17) is 22.2 Å². The third-order valence-electron chi connectivity index (χ3n) is 8.89. The summed E-state index contributed by atoms with van der Waals surface area (Å²) in [5.74, 6) is 3.21. The summed E-state index contributed by atoms with van der Waals surface area (Å²) in [7, 11) is 0. The van der Waals surface area contributed by atoms with E-state index < -0.39 is 0 Å². The Kier molecular flexibility index (Phi) is 7.69. The third-order valence-corrected chi connectivity index (χ3v) is 9.14. The minimum atomic E-state index is 0.131. The molecule has 0 unspecified atom stereocenters. The number of benzene rings is 2. The van der Waals surface area contributed by atoms with E-state index in [1.165, 1.54) is 55.2 Å². The van der Waals surface area contributed by atoms with Gasteiger partial charge in [0.25, 0.3) is 0 Å². The lowest BCUT2D eigenvalue weighted by Gasteiger charge is -2.34. The molecule has 2 N–H and O–H groups in total. The Bertz CT molecular complexity index is 1290. The van der Waals surface area contributed by atoms with E-state index in [0.717, 1.165) is 50.8 Å². The average molecular weight is 541 g/mol. The van der Waals surface area contributed by atoms with Gasteiger partial charge in [-0.3, -0.25) is 0 Å². The SMILES string of the molecule is C[C@@H]1CCCN(c2cc(N3CCc4ccccc4C3)nc(NC(=S)NCC3(c4ccccc4)CCCC3)n2)C1. The molecule has 0 amide bonds. The zero-order valence-corrected chi connectivity index (χ0v) is 23.8. The van der Waals surface area contributed by atoms with Crippen LogP contribution >= 0.6 is 12.2 Å². The Hall–Kier alpha value is -3.19. The minimum Gasteiger partial charge on any atom is -0.361 e. The molecule has 0 bridgehead atoms. The highest BCUT2D eigenvalue weighted by molar-refractivity contribution is 7.80. The first-order chi connectivity index (χ1) is 19.1. The first kappa shape index (κ1) is 26.1. The molecule has 3 heterocycles. The predicted octanol–water partition coefficient (Wildman–Crippen LogP) is 6.07. The van der Waals surface area contributed by atoms with Crippen molar-refractivity contribution in [3.8, 4) is 0 Å². The quantitative estimate of drug-likeness (QED) is 0.368. The smallest absolute Gasteiger partial charge is 0.232 e. The molecule has 2 aromatic carbocycles. The van der Waals surface area contributed by atoms with Gasteiger partial charge in [-0.15, -0.1) is 0 Å². The Balaban J connectivity index is 1.21. The molecule has 1 saturated carbocycles. The molecule has 2 fully saturated rings. The van der Waals surface area contributed by atoms with Crippen molar-refractivity contribution in [3.05, 3.63) is 77.4 Å². The molecular weight excluding hydrogens is 500 g/mol. The van der Waals surface area contributed by atoms with Crippen LogP contribution in [0.3, 0.4) is 0 Å². The van der Waals surface area contributed by atoms with Crippen molar-refractivity contribution in [2.24, 2.45) is 5.92 Å². The van der Waals surface area contributed by atoms with E-state index in [2.05, 4.69) is 88.0 Å². The number of aromatic nitrogens is 2. The molecule has 0 radical (unpaired) electrons. The number of fused-ring (bicyclic) bond motifs is 1. The van der Waals surface area contributed by atoms with E-state index in [-0.39, 0.29) is 5.41 Å². The molecule has 1 aromatic heterocycles. The average Bonchev–Trinajstić information content (AvgIpc) is 3.46. The summed E-state index contributed by atoms with van der Waals surface area (Å²) in [6.07, 6.45) is 8.40. The van der Waals surface area contributed by atoms with Gasteiger partial charge in [0.05, 0.1) is 0 Å². The number of rotatable bonds is 6. The van der Waals surface area contributed by atoms with Gasteiger partial charge in [-0.1, -0.05) is 74.4 Å². The van der Waals surface area contributed by atoms with Crippen molar-refractivity contribution in [1.82, 2.24) is 15.3 Å². The van der Waals surface area contributed by atoms with E-state index in [9.17, 15) is 0 Å². The summed E-state index contributed by atoms with van der Waals surface area (Å²) in [5, 5.41) is 7.51. The van der Waals surface area contributed by atoms with Crippen LogP contribution in [-0.4, -0.2) is 41.3 Å². The lowest BCUT2D eigenvalue weighted by Crippen LogP contribution is -2.41. The molecule has 1 atom stereocenters. The number of hydrogen-bond acceptors (Lipinski definition) is 5. The monoisotopic (exact) mass is 540 g/mol. The van der Waals surface area contributed by atoms with Crippen molar-refractivity contribution in [2.75, 3.05) is 41.3 Å². The molecule has 1 aliphatic carbocycles. The highest BCUT2D eigenvalue weighted by Crippen LogP contribution is 2.40. The van der Waals surface area contributed by atoms with E-state index in [0.29, 0.717) is 17.0 Å². The summed E-state index contributed by atoms with van der Waals surface area (Å²) < 4.78 is 0. The van der Waals surface area contributed by atoms with Gasteiger partial charge in [0, 0.05) is 44.2 Å². The first-order valence-electron chi connectivity index (χ1n) is 14.6. The predicted molar refractivity (Wildman–Crippen MR) is 165 cm³/mol. The number of anilines is 3. The second-order valence-electron chi connectivity index (χ2n) is 11.7. The molecular formula is C32H40N6S. The van der Waals surface area contributed by atoms with Crippen molar-refractivity contribution in [1.29, 1.82) is 0 Å². The normalized spacial score (nSPS) is 20.4. The van der Waals surface area contributed by atoms with Crippen LogP contribution in [0.2, 0.25) is 0 Å². The standard InChI is InChI=1S/C32H40N6S/c1-24-10-9-18-37(21-24)28-20-29(38-19-15-25-11-5-6-12-26(25)22-38)35-30(34-28)36-31(39)33-23-32(16-7-8-17-32)27-13-3-2-4-14-27/h2-6,11-14,20,24H,7-10,15-19,21-23H2,1H3,(H2,33,34,35,36,39)/t24-/m1/s1. The van der Waals surface area contributed by atoms with Crippen molar-refractivity contribution < 1.29 is 0 Å². The maximum Gasteiger partial charge on any atom is 0.232 e. The number of nitrogens with zero attached hydrogens (tertiary/aromatic N) is 4. The van der Waals surface area contributed by atoms with E-state index >= 15 is 0 Å². The van der Waals surface area contributed by atoms with Crippen LogP contribution in [0, 0.1) is 5.92 Å². The lowest BCUT2D eigenvalue weighted by atomic mass is 9.79. The molecule has 6 rings (SSSR count). The summed E-state index contributed by atoms with van der Waals surface area (Å²) in [4.78, 5) is 14.8. The van der Waals surface area contributed by atoms with Crippen LogP contribution < -0.4 is 20.4 Å². The van der Waals surface area contributed by atoms with Gasteiger partial charge in [0.15, 0.2) is 5.11 Å². The molecule has 2 aliphatic heterocycles. The van der Waals surface area contributed by atoms with Crippen LogP contribution in [-0.2, 0) is 18.4 Å². The third kappa shape index (κ3) is 5.88. The summed E-state index contributed by atoms with van der Waals surface area (Å²) in [6, 6.07) is 21.8. The Morgan fingerprint density at radius 2 is 1.64 bits per heavy atom. The molecule has 39 heavy (non-hydrogen) atoms. The Morgan fingerprint density at radius 3 is 2.41 bits per heavy atom. The van der Waals surface area contributed by atoms with E-state index in [1.807, 2.05) is 0 Å². The summed E-state index contributed by atoms with van der Waals surface area (Å²) in [6.45, 7) is 7.03. The molecule has 0 spiro atoms. The van der Waals surface area contributed by atoms with Gasteiger partial charge in [-0.25, -0.2) is 0 Å². The summed E-state index contributed by atoms with van der Waals surface area (Å²) >= 11 is 5.81. The highest BCUT2D eigenvalue weighted by atomic mass is 32.1. The largest absolute Gasteiger partial charge is 0.361 e. The Morgan fingerprint density at radius 1 is 0.923 bits per heavy atom. The maximum atomic E-state index is 5.81. The highest BCUT2D eigenvalue weighted by Gasteiger charge is 2.35. The van der Waals surface area contributed by atoms with Gasteiger partial charge >= 0.3 is 0 Å². The first-order valence-corrected chi connectivity index (χ1v) is 15.0. The summed E-state index contributed by atoms with van der Waals surface area (Å²) in [5.41, 5.74) is 4.36. The molecule has 204 valence electrons.